The smallest absolute Gasteiger partial charge is 0.250 e. The zero-order chi connectivity index (χ0) is 10.5. The van der Waals surface area contributed by atoms with Gasteiger partial charge in [-0.1, -0.05) is 0 Å². The zero-order valence-electron chi connectivity index (χ0n) is 7.81. The summed E-state index contributed by atoms with van der Waals surface area (Å²) in [5.74, 6) is 0.787. The van der Waals surface area contributed by atoms with Crippen LogP contribution in [0.2, 0.25) is 0 Å². The fourth-order valence-corrected chi connectivity index (χ4v) is 1.04. The lowest BCUT2D eigenvalue weighted by molar-refractivity contribution is -0.111. The van der Waals surface area contributed by atoms with E-state index in [0.29, 0.717) is 11.7 Å². The van der Waals surface area contributed by atoms with Crippen LogP contribution in [0.3, 0.4) is 0 Å². The third-order valence-corrected chi connectivity index (χ3v) is 1.68. The summed E-state index contributed by atoms with van der Waals surface area (Å²) in [4.78, 5) is 17.9. The Morgan fingerprint density at radius 1 is 1.60 bits per heavy atom. The number of nitrogens with zero attached hydrogens (tertiary/aromatic N) is 1. The summed E-state index contributed by atoms with van der Waals surface area (Å²) in [6.45, 7) is 0. The first-order chi connectivity index (χ1) is 7.34. The number of nitrogens with one attached hydrogen (secondary N) is 2. The molecule has 0 saturated heterocycles. The summed E-state index contributed by atoms with van der Waals surface area (Å²) in [6, 6.07) is 3.51. The third kappa shape index (κ3) is 2.57. The van der Waals surface area contributed by atoms with E-state index in [9.17, 15) is 4.79 Å². The van der Waals surface area contributed by atoms with Gasteiger partial charge in [0.25, 0.3) is 5.91 Å². The van der Waals surface area contributed by atoms with Crippen molar-refractivity contribution in [1.82, 2.24) is 9.97 Å². The first-order valence-corrected chi connectivity index (χ1v) is 4.36. The normalized spacial score (nSPS) is 10.7. The van der Waals surface area contributed by atoms with Crippen molar-refractivity contribution in [3.8, 4) is 0 Å². The highest BCUT2D eigenvalue weighted by molar-refractivity contribution is 6.00. The van der Waals surface area contributed by atoms with Crippen molar-refractivity contribution in [2.75, 3.05) is 5.32 Å². The van der Waals surface area contributed by atoms with Crippen LogP contribution in [0, 0.1) is 0 Å². The van der Waals surface area contributed by atoms with Crippen LogP contribution >= 0.6 is 0 Å². The summed E-state index contributed by atoms with van der Waals surface area (Å²) in [5, 5.41) is 2.55. The number of imidazole rings is 1. The molecule has 0 aliphatic carbocycles. The minimum absolute atomic E-state index is 0.263. The van der Waals surface area contributed by atoms with Gasteiger partial charge in [0.05, 0.1) is 6.26 Å². The minimum Gasteiger partial charge on any atom is -0.465 e. The second kappa shape index (κ2) is 4.28. The molecule has 2 heterocycles. The van der Waals surface area contributed by atoms with Crippen molar-refractivity contribution in [3.63, 3.8) is 0 Å². The Morgan fingerprint density at radius 3 is 3.20 bits per heavy atom. The predicted molar refractivity (Wildman–Crippen MR) is 55.0 cm³/mol. The molecule has 2 aromatic heterocycles. The van der Waals surface area contributed by atoms with E-state index in [2.05, 4.69) is 15.3 Å². The van der Waals surface area contributed by atoms with E-state index in [-0.39, 0.29) is 5.91 Å². The molecule has 2 N–H and O–H groups in total. The fraction of sp³-hybridized carbons (Fsp3) is 0. The first kappa shape index (κ1) is 9.26. The van der Waals surface area contributed by atoms with Crippen LogP contribution in [-0.2, 0) is 4.79 Å². The third-order valence-electron chi connectivity index (χ3n) is 1.68. The van der Waals surface area contributed by atoms with E-state index in [1.165, 1.54) is 6.08 Å². The van der Waals surface area contributed by atoms with Crippen LogP contribution in [0.15, 0.2) is 41.3 Å². The number of anilines is 1. The lowest BCUT2D eigenvalue weighted by Gasteiger charge is -1.94. The number of H-pyrrole nitrogens is 1. The quantitative estimate of drug-likeness (QED) is 0.745. The number of carbonyl (C=O) groups is 1. The molecule has 0 spiro atoms. The van der Waals surface area contributed by atoms with Crippen LogP contribution < -0.4 is 5.32 Å². The van der Waals surface area contributed by atoms with E-state index in [1.54, 1.807) is 36.9 Å². The molecular weight excluding hydrogens is 194 g/mol. The molecule has 0 atom stereocenters. The summed E-state index contributed by atoms with van der Waals surface area (Å²) in [7, 11) is 0. The largest absolute Gasteiger partial charge is 0.465 e. The van der Waals surface area contributed by atoms with E-state index < -0.39 is 0 Å². The Kier molecular flexibility index (Phi) is 2.64. The molecule has 2 rings (SSSR count). The Bertz CT molecular complexity index is 443. The molecule has 5 nitrogen and oxygen atoms in total. The molecule has 5 heteroatoms. The molecule has 0 aromatic carbocycles. The number of aromatic amines is 1. The van der Waals surface area contributed by atoms with Gasteiger partial charge in [0.15, 0.2) is 0 Å². The second-order valence-corrected chi connectivity index (χ2v) is 2.78. The predicted octanol–water partition coefficient (Wildman–Crippen LogP) is 1.65. The van der Waals surface area contributed by atoms with Crippen molar-refractivity contribution < 1.29 is 9.21 Å². The summed E-state index contributed by atoms with van der Waals surface area (Å²) in [6.07, 6.45) is 7.70. The average molecular weight is 203 g/mol. The van der Waals surface area contributed by atoms with Gasteiger partial charge in [-0.3, -0.25) is 10.1 Å². The highest BCUT2D eigenvalue weighted by atomic mass is 16.3. The van der Waals surface area contributed by atoms with Crippen molar-refractivity contribution in [3.05, 3.63) is 42.6 Å². The monoisotopic (exact) mass is 203 g/mol. The molecule has 0 saturated carbocycles. The number of hydrogen-bond acceptors (Lipinski definition) is 3. The highest BCUT2D eigenvalue weighted by Crippen LogP contribution is 2.02. The highest BCUT2D eigenvalue weighted by Gasteiger charge is 1.98. The van der Waals surface area contributed by atoms with Gasteiger partial charge in [-0.15, -0.1) is 0 Å². The van der Waals surface area contributed by atoms with Crippen LogP contribution in [0.4, 0.5) is 5.95 Å². The lowest BCUT2D eigenvalue weighted by Crippen LogP contribution is -2.08. The van der Waals surface area contributed by atoms with Crippen molar-refractivity contribution in [1.29, 1.82) is 0 Å². The van der Waals surface area contributed by atoms with Gasteiger partial charge in [-0.2, -0.15) is 0 Å². The Labute approximate surface area is 85.8 Å². The Balaban J connectivity index is 1.93. The summed E-state index contributed by atoms with van der Waals surface area (Å²) in [5.41, 5.74) is 0. The van der Waals surface area contributed by atoms with E-state index in [1.807, 2.05) is 0 Å². The molecule has 0 aliphatic heterocycles. The number of hydrogen-bond donors (Lipinski definition) is 2. The van der Waals surface area contributed by atoms with Gasteiger partial charge in [-0.05, 0) is 18.2 Å². The molecule has 76 valence electrons. The van der Waals surface area contributed by atoms with Gasteiger partial charge in [0.2, 0.25) is 5.95 Å². The SMILES string of the molecule is O=C(C=Cc1ccco1)Nc1ncc[nH]1. The van der Waals surface area contributed by atoms with Gasteiger partial charge >= 0.3 is 0 Å². The van der Waals surface area contributed by atoms with Crippen molar-refractivity contribution in [2.24, 2.45) is 0 Å². The van der Waals surface area contributed by atoms with Crippen LogP contribution in [-0.4, -0.2) is 15.9 Å². The maximum absolute atomic E-state index is 11.3. The minimum atomic E-state index is -0.263. The van der Waals surface area contributed by atoms with E-state index in [4.69, 9.17) is 4.42 Å². The number of aromatic nitrogens is 2. The summed E-state index contributed by atoms with van der Waals surface area (Å²) >= 11 is 0. The molecule has 0 radical (unpaired) electrons. The topological polar surface area (TPSA) is 70.9 Å². The van der Waals surface area contributed by atoms with E-state index >= 15 is 0 Å². The number of rotatable bonds is 3. The number of furan rings is 1. The molecule has 2 aromatic rings. The Morgan fingerprint density at radius 2 is 2.53 bits per heavy atom. The van der Waals surface area contributed by atoms with Gasteiger partial charge in [-0.25, -0.2) is 4.98 Å². The van der Waals surface area contributed by atoms with Gasteiger partial charge in [0, 0.05) is 18.5 Å². The number of amides is 1. The van der Waals surface area contributed by atoms with Crippen LogP contribution in [0.25, 0.3) is 6.08 Å². The van der Waals surface area contributed by atoms with Crippen LogP contribution in [0.5, 0.6) is 0 Å². The van der Waals surface area contributed by atoms with Crippen LogP contribution in [0.1, 0.15) is 5.76 Å². The maximum atomic E-state index is 11.3. The Hall–Kier alpha value is -2.30. The molecule has 15 heavy (non-hydrogen) atoms. The van der Waals surface area contributed by atoms with E-state index in [0.717, 1.165) is 0 Å². The fourth-order valence-electron chi connectivity index (χ4n) is 1.04. The number of carbonyl (C=O) groups excluding carboxylic acids is 1. The molecule has 1 amide bonds. The van der Waals surface area contributed by atoms with Gasteiger partial charge in [0.1, 0.15) is 5.76 Å². The van der Waals surface area contributed by atoms with Crippen molar-refractivity contribution >= 4 is 17.9 Å². The summed E-state index contributed by atoms with van der Waals surface area (Å²) < 4.78 is 5.03. The molecule has 0 fully saturated rings. The first-order valence-electron chi connectivity index (χ1n) is 4.36. The standard InChI is InChI=1S/C10H9N3O2/c14-9(13-10-11-5-6-12-10)4-3-8-2-1-7-15-8/h1-7H,(H2,11,12,13,14). The van der Waals surface area contributed by atoms with Crippen molar-refractivity contribution in [2.45, 2.75) is 0 Å². The molecule has 0 bridgehead atoms. The maximum Gasteiger partial charge on any atom is 0.250 e. The molecule has 0 aliphatic rings. The van der Waals surface area contributed by atoms with Gasteiger partial charge < -0.3 is 9.40 Å². The lowest BCUT2D eigenvalue weighted by atomic mass is 10.4. The molecule has 0 unspecified atom stereocenters. The molecular formula is C10H9N3O2. The zero-order valence-corrected chi connectivity index (χ0v) is 7.81. The average Bonchev–Trinajstić information content (AvgIpc) is 2.86. The second-order valence-electron chi connectivity index (χ2n) is 2.78.